The van der Waals surface area contributed by atoms with Crippen molar-refractivity contribution in [3.05, 3.63) is 60.9 Å². The van der Waals surface area contributed by atoms with E-state index in [2.05, 4.69) is 19.7 Å². The molecule has 0 unspecified atom stereocenters. The van der Waals surface area contributed by atoms with E-state index in [9.17, 15) is 4.79 Å². The van der Waals surface area contributed by atoms with Gasteiger partial charge in [0.05, 0.1) is 0 Å². The molecule has 0 radical (unpaired) electrons. The van der Waals surface area contributed by atoms with Crippen LogP contribution in [0.1, 0.15) is 12.8 Å². The van der Waals surface area contributed by atoms with Crippen LogP contribution < -0.4 is 9.62 Å². The van der Waals surface area contributed by atoms with Crippen LogP contribution in [0.5, 0.6) is 0 Å². The van der Waals surface area contributed by atoms with Gasteiger partial charge in [-0.15, -0.1) is 0 Å². The van der Waals surface area contributed by atoms with Gasteiger partial charge in [-0.05, 0) is 66.9 Å². The van der Waals surface area contributed by atoms with E-state index >= 15 is 0 Å². The van der Waals surface area contributed by atoms with Crippen molar-refractivity contribution in [3.8, 4) is 11.5 Å². The van der Waals surface area contributed by atoms with Crippen LogP contribution in [-0.2, 0) is 4.79 Å². The minimum atomic E-state index is 0.193. The van der Waals surface area contributed by atoms with Gasteiger partial charge in [-0.3, -0.25) is 4.79 Å². The Balaban J connectivity index is 1.29. The van der Waals surface area contributed by atoms with Crippen LogP contribution in [0.3, 0.4) is 0 Å². The lowest BCUT2D eigenvalue weighted by Crippen LogP contribution is -2.23. The van der Waals surface area contributed by atoms with Crippen LogP contribution >= 0.6 is 11.9 Å². The average Bonchev–Trinajstić information content (AvgIpc) is 3.39. The molecule has 4 heterocycles. The van der Waals surface area contributed by atoms with Gasteiger partial charge in [0, 0.05) is 41.5 Å². The number of nitrogens with one attached hydrogen (secondary N) is 1. The van der Waals surface area contributed by atoms with E-state index in [1.807, 2.05) is 53.4 Å². The first-order chi connectivity index (χ1) is 14.3. The monoisotopic (exact) mass is 403 g/mol. The zero-order valence-corrected chi connectivity index (χ0v) is 16.2. The average molecular weight is 403 g/mol. The topological polar surface area (TPSA) is 84.2 Å². The van der Waals surface area contributed by atoms with E-state index in [1.54, 1.807) is 12.4 Å². The van der Waals surface area contributed by atoms with Crippen LogP contribution in [0.25, 0.3) is 22.7 Å². The number of nitrogens with zero attached hydrogens (tertiary/aromatic N) is 4. The first-order valence-electron chi connectivity index (χ1n) is 9.27. The number of hydrogen-bond donors (Lipinski definition) is 1. The quantitative estimate of drug-likeness (QED) is 0.490. The number of pyridine rings is 2. The molecule has 5 rings (SSSR count). The summed E-state index contributed by atoms with van der Waals surface area (Å²) in [6.45, 7) is 0.797. The van der Waals surface area contributed by atoms with Gasteiger partial charge < -0.3 is 14.0 Å². The van der Waals surface area contributed by atoms with Gasteiger partial charge in [0.2, 0.25) is 11.8 Å². The molecule has 1 fully saturated rings. The number of benzene rings is 1. The van der Waals surface area contributed by atoms with Crippen molar-refractivity contribution < 1.29 is 9.21 Å². The zero-order chi connectivity index (χ0) is 19.6. The summed E-state index contributed by atoms with van der Waals surface area (Å²) in [5.41, 5.74) is 3.00. The second kappa shape index (κ2) is 7.56. The molecular formula is C21H17N5O2S. The van der Waals surface area contributed by atoms with Gasteiger partial charge in [0.1, 0.15) is 5.82 Å². The molecule has 1 aliphatic rings. The molecule has 8 heteroatoms. The summed E-state index contributed by atoms with van der Waals surface area (Å²) in [6.07, 6.45) is 4.96. The Morgan fingerprint density at radius 3 is 2.76 bits per heavy atom. The molecule has 29 heavy (non-hydrogen) atoms. The van der Waals surface area contributed by atoms with E-state index in [0.29, 0.717) is 29.4 Å². The fourth-order valence-electron chi connectivity index (χ4n) is 3.24. The number of rotatable bonds is 5. The van der Waals surface area contributed by atoms with Crippen LogP contribution in [0.2, 0.25) is 0 Å². The highest BCUT2D eigenvalue weighted by Gasteiger charge is 2.21. The van der Waals surface area contributed by atoms with Gasteiger partial charge in [-0.1, -0.05) is 0 Å². The summed E-state index contributed by atoms with van der Waals surface area (Å²) in [6, 6.07) is 15.3. The Bertz CT molecular complexity index is 1140. The summed E-state index contributed by atoms with van der Waals surface area (Å²) >= 11 is 1.46. The fourth-order valence-corrected chi connectivity index (χ4v) is 3.84. The third-order valence-electron chi connectivity index (χ3n) is 4.67. The molecule has 0 aliphatic carbocycles. The molecule has 7 nitrogen and oxygen atoms in total. The largest absolute Gasteiger partial charge is 0.434 e. The smallest absolute Gasteiger partial charge is 0.229 e. The Morgan fingerprint density at radius 2 is 1.97 bits per heavy atom. The minimum absolute atomic E-state index is 0.193. The summed E-state index contributed by atoms with van der Waals surface area (Å²) in [7, 11) is 0. The molecule has 1 amide bonds. The molecule has 0 bridgehead atoms. The maximum atomic E-state index is 11.9. The number of fused-ring (bicyclic) bond motifs is 1. The van der Waals surface area contributed by atoms with Gasteiger partial charge in [-0.2, -0.15) is 4.98 Å². The van der Waals surface area contributed by atoms with Gasteiger partial charge >= 0.3 is 0 Å². The third-order valence-corrected chi connectivity index (χ3v) is 5.49. The first kappa shape index (κ1) is 17.7. The number of oxazole rings is 1. The number of amides is 1. The van der Waals surface area contributed by atoms with Crippen LogP contribution in [-0.4, -0.2) is 27.4 Å². The van der Waals surface area contributed by atoms with E-state index in [1.165, 1.54) is 11.9 Å². The molecule has 144 valence electrons. The number of carbonyl (C=O) groups is 1. The molecule has 3 aromatic heterocycles. The highest BCUT2D eigenvalue weighted by molar-refractivity contribution is 8.00. The molecule has 4 aromatic rings. The van der Waals surface area contributed by atoms with Crippen LogP contribution in [0, 0.1) is 0 Å². The van der Waals surface area contributed by atoms with E-state index in [4.69, 9.17) is 4.42 Å². The number of hydrogen-bond acceptors (Lipinski definition) is 7. The summed E-state index contributed by atoms with van der Waals surface area (Å²) in [5.74, 6) is 1.40. The Hall–Kier alpha value is -3.39. The second-order valence-electron chi connectivity index (χ2n) is 6.62. The molecule has 0 spiro atoms. The maximum Gasteiger partial charge on any atom is 0.229 e. The lowest BCUT2D eigenvalue weighted by atomic mass is 10.2. The second-order valence-corrected chi connectivity index (χ2v) is 7.50. The predicted octanol–water partition coefficient (Wildman–Crippen LogP) is 4.53. The summed E-state index contributed by atoms with van der Waals surface area (Å²) in [5, 5.41) is 0. The van der Waals surface area contributed by atoms with Crippen molar-refractivity contribution in [1.82, 2.24) is 15.0 Å². The predicted molar refractivity (Wildman–Crippen MR) is 113 cm³/mol. The van der Waals surface area contributed by atoms with E-state index in [-0.39, 0.29) is 5.91 Å². The lowest BCUT2D eigenvalue weighted by Gasteiger charge is -2.15. The molecule has 1 saturated heterocycles. The standard InChI is InChI=1S/C21H17N5O2S/c27-19-4-2-12-26(19)15-5-7-16(8-6-15)29-25-18-13-14(9-11-22-18)21-24-20-17(28-21)3-1-10-23-20/h1,3,5-11,13H,2,4,12H2,(H,22,25). The van der Waals surface area contributed by atoms with Crippen molar-refractivity contribution in [1.29, 1.82) is 0 Å². The molecule has 1 aromatic carbocycles. The molecule has 1 N–H and O–H groups in total. The SMILES string of the molecule is O=C1CCCN1c1ccc(SNc2cc(-c3nc4ncccc4o3)ccn2)cc1. The Kier molecular flexibility index (Phi) is 4.61. The summed E-state index contributed by atoms with van der Waals surface area (Å²) < 4.78 is 9.02. The molecular weight excluding hydrogens is 386 g/mol. The van der Waals surface area contributed by atoms with Gasteiger partial charge in [-0.25, -0.2) is 9.97 Å². The highest BCUT2D eigenvalue weighted by atomic mass is 32.2. The fraction of sp³-hybridized carbons (Fsp3) is 0.143. The lowest BCUT2D eigenvalue weighted by molar-refractivity contribution is -0.117. The van der Waals surface area contributed by atoms with E-state index < -0.39 is 0 Å². The van der Waals surface area contributed by atoms with Crippen molar-refractivity contribution in [3.63, 3.8) is 0 Å². The van der Waals surface area contributed by atoms with Crippen molar-refractivity contribution in [2.75, 3.05) is 16.2 Å². The van der Waals surface area contributed by atoms with Crippen LogP contribution in [0.4, 0.5) is 11.5 Å². The third kappa shape index (κ3) is 3.66. The summed E-state index contributed by atoms with van der Waals surface area (Å²) in [4.78, 5) is 27.7. The molecule has 1 aliphatic heterocycles. The van der Waals surface area contributed by atoms with Crippen LogP contribution in [0.15, 0.2) is 70.2 Å². The van der Waals surface area contributed by atoms with Crippen molar-refractivity contribution in [2.24, 2.45) is 0 Å². The number of carbonyl (C=O) groups excluding carboxylic acids is 1. The van der Waals surface area contributed by atoms with E-state index in [0.717, 1.165) is 29.1 Å². The minimum Gasteiger partial charge on any atom is -0.434 e. The number of anilines is 2. The van der Waals surface area contributed by atoms with Crippen molar-refractivity contribution >= 4 is 40.6 Å². The first-order valence-corrected chi connectivity index (χ1v) is 10.1. The van der Waals surface area contributed by atoms with Gasteiger partial charge in [0.25, 0.3) is 0 Å². The highest BCUT2D eigenvalue weighted by Crippen LogP contribution is 2.28. The maximum absolute atomic E-state index is 11.9. The Morgan fingerprint density at radius 1 is 1.07 bits per heavy atom. The van der Waals surface area contributed by atoms with Gasteiger partial charge in [0.15, 0.2) is 11.2 Å². The number of aromatic nitrogens is 3. The normalized spacial score (nSPS) is 13.9. The molecule has 0 atom stereocenters. The zero-order valence-electron chi connectivity index (χ0n) is 15.4. The van der Waals surface area contributed by atoms with Crippen molar-refractivity contribution in [2.45, 2.75) is 17.7 Å². The molecule has 0 saturated carbocycles. The Labute approximate surface area is 171 Å².